The number of hydrogen-bond acceptors (Lipinski definition) is 6. The van der Waals surface area contributed by atoms with Gasteiger partial charge >= 0.3 is 6.18 Å². The molecule has 0 amide bonds. The van der Waals surface area contributed by atoms with Crippen LogP contribution in [0.4, 0.5) is 13.2 Å². The molecule has 9 heteroatoms. The first-order valence-electron chi connectivity index (χ1n) is 14.0. The summed E-state index contributed by atoms with van der Waals surface area (Å²) in [6.45, 7) is 5.91. The highest BCUT2D eigenvalue weighted by molar-refractivity contribution is 5.65. The lowest BCUT2D eigenvalue weighted by Crippen LogP contribution is -2.50. The predicted molar refractivity (Wildman–Crippen MR) is 155 cm³/mol. The average molecular weight is 569 g/mol. The number of nitrogens with zero attached hydrogens (tertiary/aromatic N) is 3. The molecule has 1 fully saturated rings. The van der Waals surface area contributed by atoms with E-state index in [-0.39, 0.29) is 11.4 Å². The van der Waals surface area contributed by atoms with E-state index < -0.39 is 30.0 Å². The van der Waals surface area contributed by atoms with E-state index in [4.69, 9.17) is 0 Å². The van der Waals surface area contributed by atoms with Crippen molar-refractivity contribution in [2.45, 2.75) is 69.7 Å². The minimum Gasteiger partial charge on any atom is -0.508 e. The molecule has 3 heterocycles. The Hall–Kier alpha value is -3.43. The van der Waals surface area contributed by atoms with Crippen molar-refractivity contribution in [2.24, 2.45) is 0 Å². The molecule has 0 radical (unpaired) electrons. The average Bonchev–Trinajstić information content (AvgIpc) is 2.93. The van der Waals surface area contributed by atoms with E-state index in [0.717, 1.165) is 37.2 Å². The Kier molecular flexibility index (Phi) is 9.39. The van der Waals surface area contributed by atoms with Gasteiger partial charge in [0.1, 0.15) is 5.75 Å². The number of pyridine rings is 2. The van der Waals surface area contributed by atoms with Gasteiger partial charge in [-0.1, -0.05) is 38.5 Å². The molecule has 1 aliphatic rings. The molecular weight excluding hydrogens is 529 g/mol. The lowest BCUT2D eigenvalue weighted by atomic mass is 9.72. The van der Waals surface area contributed by atoms with Crippen LogP contribution in [0.2, 0.25) is 0 Å². The van der Waals surface area contributed by atoms with E-state index in [1.54, 1.807) is 56.6 Å². The summed E-state index contributed by atoms with van der Waals surface area (Å²) in [4.78, 5) is 11.1. The summed E-state index contributed by atoms with van der Waals surface area (Å²) in [7, 11) is 1.54. The highest BCUT2D eigenvalue weighted by Crippen LogP contribution is 2.46. The first-order valence-corrected chi connectivity index (χ1v) is 14.0. The van der Waals surface area contributed by atoms with Crippen LogP contribution in [0, 0.1) is 0 Å². The van der Waals surface area contributed by atoms with Crippen LogP contribution in [0.3, 0.4) is 0 Å². The van der Waals surface area contributed by atoms with E-state index in [1.165, 1.54) is 19.5 Å². The van der Waals surface area contributed by atoms with Gasteiger partial charge in [0.2, 0.25) is 0 Å². The zero-order chi connectivity index (χ0) is 29.7. The second-order valence-corrected chi connectivity index (χ2v) is 11.6. The number of halogens is 3. The van der Waals surface area contributed by atoms with Crippen molar-refractivity contribution < 1.29 is 23.4 Å². The summed E-state index contributed by atoms with van der Waals surface area (Å²) >= 11 is 0. The third-order valence-corrected chi connectivity index (χ3v) is 7.77. The smallest absolute Gasteiger partial charge is 0.417 e. The number of aromatic nitrogens is 2. The number of alkyl halides is 3. The van der Waals surface area contributed by atoms with Gasteiger partial charge in [-0.15, -0.1) is 0 Å². The van der Waals surface area contributed by atoms with Gasteiger partial charge < -0.3 is 15.5 Å². The van der Waals surface area contributed by atoms with Crippen LogP contribution in [-0.2, 0) is 12.0 Å². The number of likely N-dealkylation sites (tertiary alicyclic amines) is 1. The maximum absolute atomic E-state index is 14.6. The molecule has 220 valence electrons. The Morgan fingerprint density at radius 1 is 1.02 bits per heavy atom. The molecule has 1 aromatic carbocycles. The topological polar surface area (TPSA) is 81.5 Å². The van der Waals surface area contributed by atoms with Crippen molar-refractivity contribution in [1.29, 1.82) is 0 Å². The predicted octanol–water partition coefficient (Wildman–Crippen LogP) is 6.45. The molecule has 1 aliphatic heterocycles. The monoisotopic (exact) mass is 568 g/mol. The van der Waals surface area contributed by atoms with Crippen LogP contribution in [0.1, 0.15) is 62.9 Å². The summed E-state index contributed by atoms with van der Waals surface area (Å²) in [5.41, 5.74) is -0.945. The number of phenols is 1. The van der Waals surface area contributed by atoms with Crippen LogP contribution in [0.15, 0.2) is 66.6 Å². The minimum atomic E-state index is -4.93. The van der Waals surface area contributed by atoms with Gasteiger partial charge in [0.05, 0.1) is 11.4 Å². The molecule has 0 spiro atoms. The van der Waals surface area contributed by atoms with Crippen molar-refractivity contribution in [3.05, 3.63) is 83.6 Å². The van der Waals surface area contributed by atoms with Gasteiger partial charge in [-0.05, 0) is 79.7 Å². The van der Waals surface area contributed by atoms with Gasteiger partial charge in [-0.25, -0.2) is 0 Å². The van der Waals surface area contributed by atoms with Crippen LogP contribution in [0.25, 0.3) is 17.2 Å². The molecule has 0 saturated carbocycles. The van der Waals surface area contributed by atoms with E-state index >= 15 is 0 Å². The number of rotatable bonds is 10. The second-order valence-electron chi connectivity index (χ2n) is 11.6. The highest BCUT2D eigenvalue weighted by atomic mass is 19.4. The van der Waals surface area contributed by atoms with E-state index in [9.17, 15) is 23.4 Å². The van der Waals surface area contributed by atoms with Gasteiger partial charge in [0, 0.05) is 49.2 Å². The summed E-state index contributed by atoms with van der Waals surface area (Å²) in [6.07, 6.45) is 2.08. The molecule has 3 N–H and O–H groups in total. The normalized spacial score (nSPS) is 16.8. The largest absolute Gasteiger partial charge is 0.508 e. The third-order valence-electron chi connectivity index (χ3n) is 7.77. The maximum Gasteiger partial charge on any atom is 0.417 e. The van der Waals surface area contributed by atoms with Gasteiger partial charge in [0.25, 0.3) is 0 Å². The number of aliphatic hydroxyl groups is 1. The van der Waals surface area contributed by atoms with Crippen molar-refractivity contribution in [1.82, 2.24) is 20.2 Å². The van der Waals surface area contributed by atoms with Gasteiger partial charge in [-0.2, -0.15) is 13.2 Å². The first kappa shape index (κ1) is 30.5. The number of phenolic OH excluding ortho intramolecular Hbond substituents is 1. The SMILES string of the molecule is CN/C(=C\c1cccc(CN2CCCCC2)n1)CC(O)(CC(C)(C)c1cc(-c2cccnc2)ccc1O)C(F)(F)F. The fourth-order valence-electron chi connectivity index (χ4n) is 5.60. The van der Waals surface area contributed by atoms with Crippen LogP contribution >= 0.6 is 0 Å². The molecular formula is C32H39F3N4O2. The molecule has 6 nitrogen and oxygen atoms in total. The number of benzene rings is 1. The van der Waals surface area contributed by atoms with E-state index in [0.29, 0.717) is 23.4 Å². The highest BCUT2D eigenvalue weighted by Gasteiger charge is 2.56. The fourth-order valence-corrected chi connectivity index (χ4v) is 5.60. The van der Waals surface area contributed by atoms with Crippen LogP contribution < -0.4 is 5.32 Å². The Balaban J connectivity index is 1.60. The number of hydrogen-bond donors (Lipinski definition) is 3. The fraction of sp³-hybridized carbons (Fsp3) is 0.438. The summed E-state index contributed by atoms with van der Waals surface area (Å²) in [6, 6.07) is 13.9. The molecule has 1 unspecified atom stereocenters. The Morgan fingerprint density at radius 2 is 1.78 bits per heavy atom. The number of piperidine rings is 1. The van der Waals surface area contributed by atoms with Crippen molar-refractivity contribution >= 4 is 6.08 Å². The maximum atomic E-state index is 14.6. The summed E-state index contributed by atoms with van der Waals surface area (Å²) < 4.78 is 43.7. The van der Waals surface area contributed by atoms with Crippen molar-refractivity contribution in [2.75, 3.05) is 20.1 Å². The Morgan fingerprint density at radius 3 is 2.44 bits per heavy atom. The lowest BCUT2D eigenvalue weighted by molar-refractivity contribution is -0.266. The van der Waals surface area contributed by atoms with E-state index in [2.05, 4.69) is 20.2 Å². The molecule has 4 rings (SSSR count). The molecule has 0 bridgehead atoms. The number of nitrogens with one attached hydrogen (secondary N) is 1. The minimum absolute atomic E-state index is 0.133. The molecule has 0 aliphatic carbocycles. The van der Waals surface area contributed by atoms with E-state index in [1.807, 2.05) is 18.2 Å². The quantitative estimate of drug-likeness (QED) is 0.261. The van der Waals surface area contributed by atoms with Gasteiger partial charge in [0.15, 0.2) is 5.60 Å². The third kappa shape index (κ3) is 7.65. The van der Waals surface area contributed by atoms with Crippen LogP contribution in [0.5, 0.6) is 5.75 Å². The molecule has 1 atom stereocenters. The first-order chi connectivity index (χ1) is 19.4. The standard InChI is InChI=1S/C32H39F3N4O2/c1-30(2,28-17-23(12-13-29(28)40)24-9-8-14-37-20-24)22-31(41,32(33,34)35)19-27(36-3)18-25-10-7-11-26(38-25)21-39-15-5-4-6-16-39/h7-14,17-18,20,36,40-41H,4-6,15-16,19,21-22H2,1-3H3/b27-18-. The van der Waals surface area contributed by atoms with Crippen molar-refractivity contribution in [3.63, 3.8) is 0 Å². The van der Waals surface area contributed by atoms with Crippen molar-refractivity contribution in [3.8, 4) is 16.9 Å². The summed E-state index contributed by atoms with van der Waals surface area (Å²) in [5, 5.41) is 24.8. The van der Waals surface area contributed by atoms with Gasteiger partial charge in [-0.3, -0.25) is 14.9 Å². The molecule has 3 aromatic rings. The lowest BCUT2D eigenvalue weighted by Gasteiger charge is -2.38. The Bertz CT molecular complexity index is 1340. The van der Waals surface area contributed by atoms with Crippen LogP contribution in [-0.4, -0.2) is 57.0 Å². The number of aromatic hydroxyl groups is 1. The zero-order valence-corrected chi connectivity index (χ0v) is 23.9. The second kappa shape index (κ2) is 12.6. The summed E-state index contributed by atoms with van der Waals surface area (Å²) in [5.74, 6) is -0.133. The molecule has 41 heavy (non-hydrogen) atoms. The zero-order valence-electron chi connectivity index (χ0n) is 23.9. The Labute approximate surface area is 240 Å². The molecule has 1 saturated heterocycles. The molecule has 2 aromatic heterocycles.